The molecule has 0 bridgehead atoms. The van der Waals surface area contributed by atoms with Gasteiger partial charge in [0, 0.05) is 0 Å². The Morgan fingerprint density at radius 3 is 0.967 bits per heavy atom. The van der Waals surface area contributed by atoms with Crippen LogP contribution in [0.2, 0.25) is 0 Å². The Kier molecular flexibility index (Phi) is 31.9. The molecule has 0 aliphatic heterocycles. The van der Waals surface area contributed by atoms with Crippen LogP contribution < -0.4 is 30.8 Å². The van der Waals surface area contributed by atoms with E-state index in [1.807, 2.05) is 19.1 Å². The molecule has 0 fully saturated rings. The van der Waals surface area contributed by atoms with Gasteiger partial charge in [0.25, 0.3) is 0 Å². The zero-order chi connectivity index (χ0) is 20.0. The predicted octanol–water partition coefficient (Wildman–Crippen LogP) is 2.61. The molecule has 0 unspecified atom stereocenters. The number of benzene rings is 1. The van der Waals surface area contributed by atoms with Gasteiger partial charge >= 0.3 is 30.8 Å². The normalized spacial score (nSPS) is 9.90. The number of aromatic hydroxyl groups is 1. The van der Waals surface area contributed by atoms with Crippen LogP contribution >= 0.6 is 0 Å². The second-order valence-corrected chi connectivity index (χ2v) is 6.38. The van der Waals surface area contributed by atoms with E-state index in [1.54, 1.807) is 12.1 Å². The van der Waals surface area contributed by atoms with E-state index < -0.39 is 31.3 Å². The van der Waals surface area contributed by atoms with Gasteiger partial charge in [-0.05, 0) is 19.1 Å². The number of aryl methyl sites for hydroxylation is 1. The van der Waals surface area contributed by atoms with Crippen molar-refractivity contribution >= 4 is 20.2 Å². The molecule has 1 rings (SSSR count). The summed E-state index contributed by atoms with van der Waals surface area (Å²) in [6.45, 7) is 1.99. The fourth-order valence-corrected chi connectivity index (χ4v) is 0.545. The van der Waals surface area contributed by atoms with E-state index in [-0.39, 0.29) is 50.5 Å². The van der Waals surface area contributed by atoms with Crippen molar-refractivity contribution in [1.82, 2.24) is 30.8 Å². The minimum Gasteiger partial charge on any atom is -0.741 e. The van der Waals surface area contributed by atoms with Gasteiger partial charge < -0.3 is 45.0 Å². The van der Waals surface area contributed by atoms with Crippen molar-refractivity contribution in [3.63, 3.8) is 0 Å². The van der Waals surface area contributed by atoms with Crippen LogP contribution in [-0.4, -0.2) is 42.1 Å². The molecule has 0 aliphatic rings. The van der Waals surface area contributed by atoms with E-state index >= 15 is 0 Å². The third kappa shape index (κ3) is 24.9. The summed E-state index contributed by atoms with van der Waals surface area (Å²) in [6, 6.07) is 7.09. The maximum atomic E-state index is 10.7. The average Bonchev–Trinajstić information content (AvgIpc) is 2.29. The quantitative estimate of drug-likeness (QED) is 0.131. The Balaban J connectivity index is -0.0000000367. The fourth-order valence-electron chi connectivity index (χ4n) is 0.545. The molecule has 12 nitrogen and oxygen atoms in total. The summed E-state index contributed by atoms with van der Waals surface area (Å²) in [7, 11) is -12.2. The molecular formula is C9H23F6N5O7OsS2. The molecule has 0 aliphatic carbocycles. The molecule has 0 saturated heterocycles. The van der Waals surface area contributed by atoms with Crippen LogP contribution in [0.5, 0.6) is 5.75 Å². The van der Waals surface area contributed by atoms with E-state index in [1.165, 1.54) is 5.56 Å². The largest absolute Gasteiger partial charge is 2.00 e. The minimum atomic E-state index is -6.09. The van der Waals surface area contributed by atoms with Gasteiger partial charge in [0.15, 0.2) is 20.2 Å². The second-order valence-electron chi connectivity index (χ2n) is 3.64. The summed E-state index contributed by atoms with van der Waals surface area (Å²) in [4.78, 5) is 0. The maximum Gasteiger partial charge on any atom is 2.00 e. The van der Waals surface area contributed by atoms with Crippen LogP contribution in [0.25, 0.3) is 0 Å². The molecule has 0 radical (unpaired) electrons. The molecule has 1 aromatic carbocycles. The molecule has 1 aromatic rings. The van der Waals surface area contributed by atoms with E-state index in [0.29, 0.717) is 5.75 Å². The summed E-state index contributed by atoms with van der Waals surface area (Å²) >= 11 is 0. The van der Waals surface area contributed by atoms with E-state index in [2.05, 4.69) is 0 Å². The summed E-state index contributed by atoms with van der Waals surface area (Å²) < 4.78 is 118. The summed E-state index contributed by atoms with van der Waals surface area (Å²) in [5, 5.41) is 8.76. The molecule has 16 N–H and O–H groups in total. The van der Waals surface area contributed by atoms with Gasteiger partial charge in [-0.25, -0.2) is 16.8 Å². The number of hydrogen-bond acceptors (Lipinski definition) is 12. The number of rotatable bonds is 0. The van der Waals surface area contributed by atoms with Gasteiger partial charge in [-0.15, -0.1) is 0 Å². The van der Waals surface area contributed by atoms with Crippen LogP contribution in [-0.2, 0) is 40.0 Å². The SMILES string of the molecule is Cc1ccc(O)cc1.N.N.N.N.N.O=S(=O)([O-])C(F)(F)F.O=S(=O)([O-])C(F)(F)F.[Os+2]. The predicted molar refractivity (Wildman–Crippen MR) is 89.5 cm³/mol. The van der Waals surface area contributed by atoms with Crippen LogP contribution in [0.15, 0.2) is 24.3 Å². The van der Waals surface area contributed by atoms with Crippen molar-refractivity contribution in [3.8, 4) is 5.75 Å². The number of phenols is 1. The first-order chi connectivity index (χ1) is 10.3. The molecule has 0 spiro atoms. The fraction of sp³-hybridized carbons (Fsp3) is 0.333. The Morgan fingerprint density at radius 2 is 0.867 bits per heavy atom. The number of phenolic OH excluding ortho intramolecular Hbond substituents is 1. The molecule has 188 valence electrons. The van der Waals surface area contributed by atoms with Crippen molar-refractivity contribution in [2.24, 2.45) is 0 Å². The number of alkyl halides is 6. The van der Waals surface area contributed by atoms with E-state index in [9.17, 15) is 26.3 Å². The van der Waals surface area contributed by atoms with Crippen LogP contribution in [0.3, 0.4) is 0 Å². The van der Waals surface area contributed by atoms with Crippen molar-refractivity contribution in [2.45, 2.75) is 17.9 Å². The minimum absolute atomic E-state index is 0. The summed E-state index contributed by atoms with van der Waals surface area (Å²) in [5.74, 6) is 0.329. The summed E-state index contributed by atoms with van der Waals surface area (Å²) in [6.07, 6.45) is 0. The molecule has 30 heavy (non-hydrogen) atoms. The molecule has 21 heteroatoms. The topological polar surface area (TPSA) is 310 Å². The molecule has 0 atom stereocenters. The Hall–Kier alpha value is -1.14. The van der Waals surface area contributed by atoms with Crippen LogP contribution in [0.1, 0.15) is 5.56 Å². The average molecular weight is 682 g/mol. The molecule has 0 aromatic heterocycles. The third-order valence-corrected chi connectivity index (χ3v) is 2.73. The number of hydrogen-bond donors (Lipinski definition) is 6. The third-order valence-electron chi connectivity index (χ3n) is 1.60. The smallest absolute Gasteiger partial charge is 0.741 e. The molecule has 0 heterocycles. The van der Waals surface area contributed by atoms with Gasteiger partial charge in [0.05, 0.1) is 0 Å². The van der Waals surface area contributed by atoms with Gasteiger partial charge in [-0.1, -0.05) is 17.7 Å². The first-order valence-corrected chi connectivity index (χ1v) is 7.90. The van der Waals surface area contributed by atoms with Crippen LogP contribution in [0, 0.1) is 6.92 Å². The monoisotopic (exact) mass is 683 g/mol. The van der Waals surface area contributed by atoms with E-state index in [0.717, 1.165) is 0 Å². The van der Waals surface area contributed by atoms with Crippen molar-refractivity contribution in [2.75, 3.05) is 0 Å². The van der Waals surface area contributed by atoms with E-state index in [4.69, 9.17) is 31.0 Å². The second kappa shape index (κ2) is 18.6. The van der Waals surface area contributed by atoms with Crippen molar-refractivity contribution < 1.29 is 77.2 Å². The Morgan fingerprint density at radius 1 is 0.700 bits per heavy atom. The van der Waals surface area contributed by atoms with Gasteiger partial charge in [-0.2, -0.15) is 26.3 Å². The van der Waals surface area contributed by atoms with Gasteiger partial charge in [0.1, 0.15) is 5.75 Å². The Labute approximate surface area is 181 Å². The molecular weight excluding hydrogens is 658 g/mol. The summed E-state index contributed by atoms with van der Waals surface area (Å²) in [5.41, 5.74) is -10.1. The van der Waals surface area contributed by atoms with Gasteiger partial charge in [0.2, 0.25) is 0 Å². The standard InChI is InChI=1S/C7H8O.2CHF3O3S.5H3N.Os/c1-6-2-4-7(8)5-3-6;2*2-1(3,4)8(5,6)7;;;;;;/h2-5,8H,1H3;2*(H,5,6,7);5*1H3;/q;;;;;;;;+2/p-2. The van der Waals surface area contributed by atoms with Crippen molar-refractivity contribution in [3.05, 3.63) is 29.8 Å². The van der Waals surface area contributed by atoms with Crippen molar-refractivity contribution in [1.29, 1.82) is 0 Å². The maximum absolute atomic E-state index is 10.7. The van der Waals surface area contributed by atoms with Gasteiger partial charge in [-0.3, -0.25) is 0 Å². The Bertz CT molecular complexity index is 667. The first kappa shape index (κ1) is 51.5. The van der Waals surface area contributed by atoms with Crippen LogP contribution in [0.4, 0.5) is 26.3 Å². The molecule has 0 amide bonds. The first-order valence-electron chi connectivity index (χ1n) is 5.09. The molecule has 0 saturated carbocycles. The number of halogens is 6. The zero-order valence-corrected chi connectivity index (χ0v) is 19.4. The zero-order valence-electron chi connectivity index (χ0n) is 15.2.